The molecule has 11 nitrogen and oxygen atoms in total. The van der Waals surface area contributed by atoms with Crippen molar-refractivity contribution >= 4 is 17.5 Å². The first-order valence-electron chi connectivity index (χ1n) is 14.6. The van der Waals surface area contributed by atoms with Gasteiger partial charge in [-0.25, -0.2) is 40.5 Å². The van der Waals surface area contributed by atoms with Crippen molar-refractivity contribution in [3.63, 3.8) is 0 Å². The summed E-state index contributed by atoms with van der Waals surface area (Å²) in [7, 11) is 0. The van der Waals surface area contributed by atoms with Gasteiger partial charge in [-0.1, -0.05) is 13.8 Å². The van der Waals surface area contributed by atoms with Gasteiger partial charge in [0.1, 0.15) is 0 Å². The largest absolute Gasteiger partial charge is 0.468 e. The number of nitrogens with zero attached hydrogens (tertiary/aromatic N) is 5. The summed E-state index contributed by atoms with van der Waals surface area (Å²) in [6.45, 7) is 2.71. The number of hydrogen-bond acceptors (Lipinski definition) is 8. The van der Waals surface area contributed by atoms with E-state index < -0.39 is 73.2 Å². The van der Waals surface area contributed by atoms with Gasteiger partial charge < -0.3 is 15.4 Å². The topological polar surface area (TPSA) is 137 Å². The Morgan fingerprint density at radius 1 is 1.09 bits per heavy atom. The number of fused-ring (bicyclic) bond motifs is 1. The van der Waals surface area contributed by atoms with Gasteiger partial charge in [0.25, 0.3) is 18.2 Å². The van der Waals surface area contributed by atoms with Crippen molar-refractivity contribution in [1.29, 1.82) is 0 Å². The van der Waals surface area contributed by atoms with Crippen LogP contribution in [0.25, 0.3) is 5.65 Å². The number of amides is 2. The van der Waals surface area contributed by atoms with Crippen molar-refractivity contribution in [2.45, 2.75) is 89.1 Å². The van der Waals surface area contributed by atoms with E-state index in [4.69, 9.17) is 4.74 Å². The normalized spacial score (nSPS) is 19.8. The van der Waals surface area contributed by atoms with Gasteiger partial charge in [0.15, 0.2) is 12.3 Å². The number of rotatable bonds is 12. The van der Waals surface area contributed by atoms with Crippen LogP contribution in [0.3, 0.4) is 0 Å². The Bertz CT molecular complexity index is 1500. The predicted molar refractivity (Wildman–Crippen MR) is 144 cm³/mol. The molecule has 2 amide bonds. The highest BCUT2D eigenvalue weighted by atomic mass is 19.3. The van der Waals surface area contributed by atoms with E-state index >= 15 is 0 Å². The van der Waals surface area contributed by atoms with E-state index in [1.807, 2.05) is 13.8 Å². The van der Waals surface area contributed by atoms with E-state index in [-0.39, 0.29) is 49.8 Å². The third-order valence-corrected chi connectivity index (χ3v) is 8.21. The molecule has 2 saturated carbocycles. The molecule has 2 N–H and O–H groups in total. The lowest BCUT2D eigenvalue weighted by Crippen LogP contribution is -2.40. The van der Waals surface area contributed by atoms with Gasteiger partial charge >= 0.3 is 0 Å². The molecule has 0 bridgehead atoms. The number of aromatic nitrogens is 5. The molecule has 3 aromatic heterocycles. The molecule has 3 aromatic rings. The quantitative estimate of drug-likeness (QED) is 0.253. The zero-order valence-corrected chi connectivity index (χ0v) is 24.5. The van der Waals surface area contributed by atoms with Crippen molar-refractivity contribution in [1.82, 2.24) is 35.5 Å². The van der Waals surface area contributed by atoms with E-state index in [2.05, 4.69) is 35.7 Å². The molecule has 2 aliphatic rings. The molecule has 2 fully saturated rings. The molecule has 0 saturated heterocycles. The second-order valence-corrected chi connectivity index (χ2v) is 12.1. The molecule has 0 aromatic carbocycles. The molecule has 17 heteroatoms. The number of imidazole rings is 1. The summed E-state index contributed by atoms with van der Waals surface area (Å²) in [5, 5.41) is 16.8. The zero-order valence-electron chi connectivity index (χ0n) is 24.5. The van der Waals surface area contributed by atoms with Crippen LogP contribution in [0.5, 0.6) is 5.88 Å². The van der Waals surface area contributed by atoms with Gasteiger partial charge in [0.2, 0.25) is 23.4 Å². The van der Waals surface area contributed by atoms with Gasteiger partial charge in [-0.15, -0.1) is 0 Å². The Kier molecular flexibility index (Phi) is 9.26. The smallest absolute Gasteiger partial charge is 0.289 e. The fraction of sp³-hybridized carbons (Fsp3) is 0.643. The number of hydrogen-bond donors (Lipinski definition) is 2. The van der Waals surface area contributed by atoms with Crippen molar-refractivity contribution in [2.24, 2.45) is 17.8 Å². The summed E-state index contributed by atoms with van der Waals surface area (Å²) in [5.41, 5.74) is 0.748. The van der Waals surface area contributed by atoms with Gasteiger partial charge in [-0.2, -0.15) is 5.10 Å². The minimum Gasteiger partial charge on any atom is -0.468 e. The molecule has 2 aliphatic carbocycles. The van der Waals surface area contributed by atoms with Crippen LogP contribution in [0.2, 0.25) is 0 Å². The van der Waals surface area contributed by atoms with Crippen LogP contribution in [0, 0.1) is 17.8 Å². The van der Waals surface area contributed by atoms with E-state index in [0.717, 1.165) is 0 Å². The van der Waals surface area contributed by atoms with Gasteiger partial charge in [0.05, 0.1) is 30.2 Å². The van der Waals surface area contributed by atoms with E-state index in [1.165, 1.54) is 16.9 Å². The minimum atomic E-state index is -2.84. The summed E-state index contributed by atoms with van der Waals surface area (Å²) >= 11 is 0. The molecular formula is C28H33F6N7O4. The molecule has 246 valence electrons. The lowest BCUT2D eigenvalue weighted by molar-refractivity contribution is -0.134. The maximum Gasteiger partial charge on any atom is 0.289 e. The van der Waals surface area contributed by atoms with Crippen LogP contribution in [-0.4, -0.2) is 61.6 Å². The van der Waals surface area contributed by atoms with Gasteiger partial charge in [0, 0.05) is 32.1 Å². The fourth-order valence-electron chi connectivity index (χ4n) is 5.88. The Labute approximate surface area is 253 Å². The van der Waals surface area contributed by atoms with Crippen LogP contribution in [0.4, 0.5) is 26.3 Å². The summed E-state index contributed by atoms with van der Waals surface area (Å²) in [6, 6.07) is 0.280. The maximum absolute atomic E-state index is 14.0. The average molecular weight is 646 g/mol. The second-order valence-electron chi connectivity index (χ2n) is 12.1. The Morgan fingerprint density at radius 2 is 1.80 bits per heavy atom. The number of carbonyl (C=O) groups excluding carboxylic acids is 2. The van der Waals surface area contributed by atoms with Gasteiger partial charge in [-0.05, 0) is 52.5 Å². The zero-order chi connectivity index (χ0) is 32.5. The van der Waals surface area contributed by atoms with E-state index in [0.29, 0.717) is 16.9 Å². The van der Waals surface area contributed by atoms with Gasteiger partial charge in [-0.3, -0.25) is 9.59 Å². The number of alkyl halides is 6. The summed E-state index contributed by atoms with van der Waals surface area (Å²) < 4.78 is 90.5. The predicted octanol–water partition coefficient (Wildman–Crippen LogP) is 5.30. The maximum atomic E-state index is 14.0. The molecule has 0 radical (unpaired) electrons. The highest BCUT2D eigenvalue weighted by molar-refractivity contribution is 5.94. The standard InChI is InChI=1S/C28H33F6N7O4/c1-14(2)22(37-21(42)7-15-9-28(33,34)10-15)17-8-20-36-18(12-41(20)35-11-17)23(16-3-5-27(31,32)6-4-16)38-25(43)24-26(40-45-39-24)44-13-19(29)30/h8,11-12,14-16,19,22-23H,3-7,9-10,13H2,1-2H3,(H,37,42)(H,38,43)/t22?,23-/m0/s1. The SMILES string of the molecule is CC(C)C(NC(=O)CC1CC(F)(F)C1)c1cnn2cc([C@@H](NC(=O)c3nonc3OCC(F)F)C3CCC(F)(F)CC3)nc2c1. The summed E-state index contributed by atoms with van der Waals surface area (Å²) in [5.74, 6) is -8.29. The van der Waals surface area contributed by atoms with E-state index in [9.17, 15) is 35.9 Å². The first-order valence-corrected chi connectivity index (χ1v) is 14.6. The first kappa shape index (κ1) is 32.5. The molecule has 1 unspecified atom stereocenters. The molecular weight excluding hydrogens is 612 g/mol. The highest BCUT2D eigenvalue weighted by Gasteiger charge is 2.46. The first-order chi connectivity index (χ1) is 21.2. The monoisotopic (exact) mass is 645 g/mol. The lowest BCUT2D eigenvalue weighted by atomic mass is 9.79. The second kappa shape index (κ2) is 12.8. The molecule has 45 heavy (non-hydrogen) atoms. The summed E-state index contributed by atoms with van der Waals surface area (Å²) in [4.78, 5) is 30.5. The van der Waals surface area contributed by atoms with E-state index in [1.54, 1.807) is 6.07 Å². The molecule has 0 aliphatic heterocycles. The molecule has 0 spiro atoms. The highest BCUT2D eigenvalue weighted by Crippen LogP contribution is 2.44. The number of halogens is 6. The van der Waals surface area contributed by atoms with Crippen LogP contribution >= 0.6 is 0 Å². The molecule has 5 rings (SSSR count). The Morgan fingerprint density at radius 3 is 2.44 bits per heavy atom. The Balaban J connectivity index is 1.37. The summed E-state index contributed by atoms with van der Waals surface area (Å²) in [6.07, 6.45) is -1.10. The van der Waals surface area contributed by atoms with Crippen molar-refractivity contribution in [3.8, 4) is 5.88 Å². The van der Waals surface area contributed by atoms with Crippen LogP contribution in [0.15, 0.2) is 23.1 Å². The fourth-order valence-corrected chi connectivity index (χ4v) is 5.88. The lowest BCUT2D eigenvalue weighted by Gasteiger charge is -2.35. The van der Waals surface area contributed by atoms with Crippen molar-refractivity contribution in [3.05, 3.63) is 35.4 Å². The van der Waals surface area contributed by atoms with Crippen molar-refractivity contribution in [2.75, 3.05) is 6.61 Å². The number of ether oxygens (including phenoxy) is 1. The number of nitrogens with one attached hydrogen (secondary N) is 2. The average Bonchev–Trinajstić information content (AvgIpc) is 3.59. The van der Waals surface area contributed by atoms with Crippen LogP contribution < -0.4 is 15.4 Å². The molecule has 2 atom stereocenters. The molecule has 3 heterocycles. The third kappa shape index (κ3) is 7.84. The van der Waals surface area contributed by atoms with Crippen LogP contribution in [-0.2, 0) is 4.79 Å². The third-order valence-electron chi connectivity index (χ3n) is 8.21. The number of carbonyl (C=O) groups is 2. The minimum absolute atomic E-state index is 0.0141. The van der Waals surface area contributed by atoms with Crippen LogP contribution in [0.1, 0.15) is 92.6 Å². The Hall–Kier alpha value is -3.92. The van der Waals surface area contributed by atoms with Crippen molar-refractivity contribution < 1.29 is 45.3 Å².